The molecule has 5 heteroatoms. The molecule has 0 aliphatic carbocycles. The van der Waals surface area contributed by atoms with Crippen LogP contribution < -0.4 is 11.1 Å². The van der Waals surface area contributed by atoms with E-state index < -0.39 is 11.6 Å². The quantitative estimate of drug-likeness (QED) is 0.858. The number of anilines is 3. The van der Waals surface area contributed by atoms with Gasteiger partial charge in [-0.05, 0) is 37.1 Å². The smallest absolute Gasteiger partial charge is 0.147 e. The van der Waals surface area contributed by atoms with Crippen molar-refractivity contribution in [3.8, 4) is 0 Å². The van der Waals surface area contributed by atoms with Gasteiger partial charge in [0.1, 0.15) is 17.5 Å². The van der Waals surface area contributed by atoms with Gasteiger partial charge in [-0.15, -0.1) is 0 Å². The van der Waals surface area contributed by atoms with Gasteiger partial charge in [0.15, 0.2) is 0 Å². The highest BCUT2D eigenvalue weighted by molar-refractivity contribution is 5.60. The lowest BCUT2D eigenvalue weighted by Crippen LogP contribution is -2.00. The Morgan fingerprint density at radius 1 is 1.06 bits per heavy atom. The number of nitrogens with zero attached hydrogens (tertiary/aromatic N) is 1. The molecule has 3 nitrogen and oxygen atoms in total. The Bertz CT molecular complexity index is 597. The first-order valence-corrected chi connectivity index (χ1v) is 5.42. The van der Waals surface area contributed by atoms with Gasteiger partial charge in [0.05, 0.1) is 17.6 Å². The number of benzene rings is 1. The molecular formula is C13H13F2N3. The van der Waals surface area contributed by atoms with Crippen LogP contribution in [-0.4, -0.2) is 4.98 Å². The normalized spacial score (nSPS) is 10.4. The number of aryl methyl sites for hydroxylation is 2. The SMILES string of the molecule is Cc1cc(Nc2cc(F)c(C)cc2F)ncc1N. The minimum absolute atomic E-state index is 0.0507. The highest BCUT2D eigenvalue weighted by atomic mass is 19.1. The van der Waals surface area contributed by atoms with E-state index in [1.54, 1.807) is 6.07 Å². The van der Waals surface area contributed by atoms with Crippen LogP contribution in [0, 0.1) is 25.5 Å². The summed E-state index contributed by atoms with van der Waals surface area (Å²) in [5.41, 5.74) is 7.32. The summed E-state index contributed by atoms with van der Waals surface area (Å²) in [4.78, 5) is 4.00. The fraction of sp³-hybridized carbons (Fsp3) is 0.154. The summed E-state index contributed by atoms with van der Waals surface area (Å²) in [6, 6.07) is 3.92. The maximum Gasteiger partial charge on any atom is 0.147 e. The van der Waals surface area contributed by atoms with E-state index in [4.69, 9.17) is 5.73 Å². The second kappa shape index (κ2) is 4.60. The van der Waals surface area contributed by atoms with Gasteiger partial charge < -0.3 is 11.1 Å². The molecule has 0 saturated heterocycles. The van der Waals surface area contributed by atoms with E-state index in [-0.39, 0.29) is 11.3 Å². The molecule has 0 aliphatic heterocycles. The predicted molar refractivity (Wildman–Crippen MR) is 67.8 cm³/mol. The van der Waals surface area contributed by atoms with Crippen LogP contribution in [0.25, 0.3) is 0 Å². The molecular weight excluding hydrogens is 236 g/mol. The molecule has 1 aromatic carbocycles. The first-order chi connectivity index (χ1) is 8.47. The Hall–Kier alpha value is -2.17. The number of hydrogen-bond acceptors (Lipinski definition) is 3. The topological polar surface area (TPSA) is 50.9 Å². The fourth-order valence-corrected chi connectivity index (χ4v) is 1.51. The van der Waals surface area contributed by atoms with Crippen LogP contribution in [0.5, 0.6) is 0 Å². The van der Waals surface area contributed by atoms with Crippen LogP contribution >= 0.6 is 0 Å². The summed E-state index contributed by atoms with van der Waals surface area (Å²) >= 11 is 0. The van der Waals surface area contributed by atoms with Crippen molar-refractivity contribution in [2.75, 3.05) is 11.1 Å². The van der Waals surface area contributed by atoms with Crippen LogP contribution in [0.4, 0.5) is 26.0 Å². The second-order valence-electron chi connectivity index (χ2n) is 4.13. The summed E-state index contributed by atoms with van der Waals surface area (Å²) in [5.74, 6) is -0.569. The largest absolute Gasteiger partial charge is 0.397 e. The third-order valence-corrected chi connectivity index (χ3v) is 2.66. The van der Waals surface area contributed by atoms with Gasteiger partial charge in [0, 0.05) is 6.07 Å². The highest BCUT2D eigenvalue weighted by Crippen LogP contribution is 2.23. The molecule has 1 heterocycles. The Labute approximate surface area is 104 Å². The molecule has 2 rings (SSSR count). The molecule has 0 radical (unpaired) electrons. The summed E-state index contributed by atoms with van der Waals surface area (Å²) in [6.45, 7) is 3.32. The van der Waals surface area contributed by atoms with Crippen LogP contribution in [0.1, 0.15) is 11.1 Å². The van der Waals surface area contributed by atoms with Gasteiger partial charge in [-0.25, -0.2) is 13.8 Å². The Morgan fingerprint density at radius 2 is 1.78 bits per heavy atom. The first kappa shape index (κ1) is 12.3. The Kier molecular flexibility index (Phi) is 3.14. The summed E-state index contributed by atoms with van der Waals surface area (Å²) in [7, 11) is 0. The van der Waals surface area contributed by atoms with E-state index in [1.165, 1.54) is 13.1 Å². The van der Waals surface area contributed by atoms with Crippen LogP contribution in [0.15, 0.2) is 24.4 Å². The van der Waals surface area contributed by atoms with Crippen molar-refractivity contribution in [1.82, 2.24) is 4.98 Å². The maximum absolute atomic E-state index is 13.6. The third kappa shape index (κ3) is 2.40. The molecule has 2 aromatic rings. The van der Waals surface area contributed by atoms with Crippen molar-refractivity contribution in [2.24, 2.45) is 0 Å². The molecule has 94 valence electrons. The number of rotatable bonds is 2. The van der Waals surface area contributed by atoms with Crippen molar-refractivity contribution in [1.29, 1.82) is 0 Å². The van der Waals surface area contributed by atoms with E-state index in [1.807, 2.05) is 6.92 Å². The zero-order valence-electron chi connectivity index (χ0n) is 10.1. The molecule has 0 saturated carbocycles. The van der Waals surface area contributed by atoms with Gasteiger partial charge in [-0.1, -0.05) is 0 Å². The summed E-state index contributed by atoms with van der Waals surface area (Å²) in [6.07, 6.45) is 1.47. The standard InChI is InChI=1S/C13H13F2N3/c1-7-3-10(15)12(5-9(7)14)18-13-4-8(2)11(16)6-17-13/h3-6H,16H2,1-2H3,(H,17,18). The van der Waals surface area contributed by atoms with Gasteiger partial charge in [-0.3, -0.25) is 0 Å². The zero-order chi connectivity index (χ0) is 13.3. The lowest BCUT2D eigenvalue weighted by molar-refractivity contribution is 0.595. The van der Waals surface area contributed by atoms with E-state index in [9.17, 15) is 8.78 Å². The van der Waals surface area contributed by atoms with Crippen molar-refractivity contribution < 1.29 is 8.78 Å². The Morgan fingerprint density at radius 3 is 2.44 bits per heavy atom. The van der Waals surface area contributed by atoms with Crippen LogP contribution in [0.2, 0.25) is 0 Å². The number of hydrogen-bond donors (Lipinski definition) is 2. The second-order valence-corrected chi connectivity index (χ2v) is 4.13. The van der Waals surface area contributed by atoms with Crippen molar-refractivity contribution >= 4 is 17.2 Å². The third-order valence-electron chi connectivity index (χ3n) is 2.66. The fourth-order valence-electron chi connectivity index (χ4n) is 1.51. The molecule has 0 atom stereocenters. The molecule has 0 fully saturated rings. The Balaban J connectivity index is 2.34. The molecule has 0 amide bonds. The first-order valence-electron chi connectivity index (χ1n) is 5.42. The molecule has 18 heavy (non-hydrogen) atoms. The van der Waals surface area contributed by atoms with Gasteiger partial charge in [-0.2, -0.15) is 0 Å². The summed E-state index contributed by atoms with van der Waals surface area (Å²) < 4.78 is 27.0. The van der Waals surface area contributed by atoms with Gasteiger partial charge >= 0.3 is 0 Å². The maximum atomic E-state index is 13.6. The van der Waals surface area contributed by atoms with Crippen molar-refractivity contribution in [3.63, 3.8) is 0 Å². The minimum Gasteiger partial charge on any atom is -0.397 e. The lowest BCUT2D eigenvalue weighted by atomic mass is 10.2. The van der Waals surface area contributed by atoms with Crippen LogP contribution in [0.3, 0.4) is 0 Å². The number of nitrogens with two attached hydrogens (primary N) is 1. The number of nitrogen functional groups attached to an aromatic ring is 1. The highest BCUT2D eigenvalue weighted by Gasteiger charge is 2.08. The molecule has 0 bridgehead atoms. The van der Waals surface area contributed by atoms with E-state index in [2.05, 4.69) is 10.3 Å². The van der Waals surface area contributed by atoms with Crippen molar-refractivity contribution in [2.45, 2.75) is 13.8 Å². The molecule has 0 unspecified atom stereocenters. The summed E-state index contributed by atoms with van der Waals surface area (Å²) in [5, 5.41) is 2.73. The van der Waals surface area contributed by atoms with Gasteiger partial charge in [0.2, 0.25) is 0 Å². The zero-order valence-corrected chi connectivity index (χ0v) is 10.1. The number of pyridine rings is 1. The van der Waals surface area contributed by atoms with Gasteiger partial charge in [0.25, 0.3) is 0 Å². The van der Waals surface area contributed by atoms with E-state index in [0.717, 1.165) is 17.7 Å². The number of aromatic nitrogens is 1. The van der Waals surface area contributed by atoms with E-state index in [0.29, 0.717) is 11.5 Å². The molecule has 0 spiro atoms. The number of halogens is 2. The molecule has 1 aromatic heterocycles. The van der Waals surface area contributed by atoms with Crippen LogP contribution in [-0.2, 0) is 0 Å². The average molecular weight is 249 g/mol. The average Bonchev–Trinajstić information content (AvgIpc) is 2.31. The molecule has 0 aliphatic rings. The molecule has 3 N–H and O–H groups in total. The predicted octanol–water partition coefficient (Wildman–Crippen LogP) is 3.30. The van der Waals surface area contributed by atoms with E-state index >= 15 is 0 Å². The monoisotopic (exact) mass is 249 g/mol. The van der Waals surface area contributed by atoms with Crippen molar-refractivity contribution in [3.05, 3.63) is 47.2 Å². The lowest BCUT2D eigenvalue weighted by Gasteiger charge is -2.09. The number of nitrogens with one attached hydrogen (secondary N) is 1. The minimum atomic E-state index is -0.523.